The zero-order valence-electron chi connectivity index (χ0n) is 15.5. The van der Waals surface area contributed by atoms with Gasteiger partial charge in [-0.1, -0.05) is 41.0 Å². The zero-order valence-corrected chi connectivity index (χ0v) is 15.5. The first-order valence-electron chi connectivity index (χ1n) is 9.48. The molecular formula is C24H22N2O. The molecule has 134 valence electrons. The van der Waals surface area contributed by atoms with E-state index in [1.54, 1.807) is 13.3 Å². The summed E-state index contributed by atoms with van der Waals surface area (Å²) in [5.74, 6) is 14.5. The molecule has 2 aromatic rings. The van der Waals surface area contributed by atoms with Crippen molar-refractivity contribution in [3.05, 3.63) is 65.0 Å². The van der Waals surface area contributed by atoms with Gasteiger partial charge in [0.05, 0.1) is 5.71 Å². The van der Waals surface area contributed by atoms with E-state index in [4.69, 9.17) is 4.84 Å². The van der Waals surface area contributed by atoms with Gasteiger partial charge in [0.15, 0.2) is 0 Å². The summed E-state index contributed by atoms with van der Waals surface area (Å²) < 4.78 is 0. The van der Waals surface area contributed by atoms with E-state index >= 15 is 0 Å². The van der Waals surface area contributed by atoms with Crippen LogP contribution in [0.3, 0.4) is 0 Å². The van der Waals surface area contributed by atoms with Crippen molar-refractivity contribution in [2.24, 2.45) is 17.0 Å². The lowest BCUT2D eigenvalue weighted by atomic mass is 9.96. The van der Waals surface area contributed by atoms with Crippen LogP contribution in [0.25, 0.3) is 0 Å². The van der Waals surface area contributed by atoms with Gasteiger partial charge in [0.1, 0.15) is 7.11 Å². The maximum Gasteiger partial charge on any atom is 0.106 e. The Kier molecular flexibility index (Phi) is 5.22. The van der Waals surface area contributed by atoms with Gasteiger partial charge in [0.25, 0.3) is 0 Å². The molecule has 0 saturated heterocycles. The number of oxime groups is 1. The van der Waals surface area contributed by atoms with Crippen molar-refractivity contribution in [1.82, 2.24) is 4.98 Å². The Morgan fingerprint density at radius 2 is 1.89 bits per heavy atom. The van der Waals surface area contributed by atoms with E-state index in [-0.39, 0.29) is 0 Å². The minimum Gasteiger partial charge on any atom is -0.399 e. The van der Waals surface area contributed by atoms with Gasteiger partial charge in [0, 0.05) is 47.3 Å². The van der Waals surface area contributed by atoms with E-state index in [9.17, 15) is 0 Å². The van der Waals surface area contributed by atoms with Crippen molar-refractivity contribution < 1.29 is 4.84 Å². The highest BCUT2D eigenvalue weighted by Crippen LogP contribution is 2.28. The van der Waals surface area contributed by atoms with Gasteiger partial charge in [-0.05, 0) is 49.4 Å². The normalized spacial score (nSPS) is 16.0. The van der Waals surface area contributed by atoms with Crippen molar-refractivity contribution >= 4 is 5.71 Å². The molecule has 0 amide bonds. The molecule has 0 aliphatic heterocycles. The SMILES string of the molecule is CO/N=C(\Cc1cccnc1)c1ccc(C#CC2CC2)cc1C#CC1CC1. The second kappa shape index (κ2) is 8.11. The number of pyridine rings is 1. The van der Waals surface area contributed by atoms with Gasteiger partial charge in [-0.15, -0.1) is 0 Å². The standard InChI is InChI=1S/C24H22N2O/c1-27-26-24(16-21-3-2-14-25-17-21)23-13-11-20(9-8-18-4-5-18)15-22(23)12-10-19-6-7-19/h2-3,11,13-15,17-19H,4-7,16H2,1H3/b26-24+. The molecule has 0 bridgehead atoms. The van der Waals surface area contributed by atoms with E-state index in [0.29, 0.717) is 18.3 Å². The van der Waals surface area contributed by atoms with Crippen LogP contribution in [0.1, 0.15) is 47.9 Å². The van der Waals surface area contributed by atoms with E-state index in [1.165, 1.54) is 25.7 Å². The fourth-order valence-corrected chi connectivity index (χ4v) is 2.78. The topological polar surface area (TPSA) is 34.5 Å². The zero-order chi connectivity index (χ0) is 18.5. The summed E-state index contributed by atoms with van der Waals surface area (Å²) in [6.45, 7) is 0. The molecule has 0 spiro atoms. The molecule has 1 aromatic heterocycles. The molecule has 2 saturated carbocycles. The third-order valence-corrected chi connectivity index (χ3v) is 4.61. The Balaban J connectivity index is 1.68. The van der Waals surface area contributed by atoms with Crippen molar-refractivity contribution in [1.29, 1.82) is 0 Å². The van der Waals surface area contributed by atoms with Gasteiger partial charge in [-0.25, -0.2) is 0 Å². The second-order valence-corrected chi connectivity index (χ2v) is 7.11. The Morgan fingerprint density at radius 3 is 2.56 bits per heavy atom. The Bertz CT molecular complexity index is 962. The minimum absolute atomic E-state index is 0.542. The summed E-state index contributed by atoms with van der Waals surface area (Å²) in [4.78, 5) is 9.33. The molecule has 0 unspecified atom stereocenters. The molecule has 2 aliphatic carbocycles. The van der Waals surface area contributed by atoms with Gasteiger partial charge in [0.2, 0.25) is 0 Å². The fourth-order valence-electron chi connectivity index (χ4n) is 2.78. The van der Waals surface area contributed by atoms with E-state index in [2.05, 4.69) is 52.0 Å². The molecule has 0 radical (unpaired) electrons. The van der Waals surface area contributed by atoms with Crippen LogP contribution >= 0.6 is 0 Å². The fraction of sp³-hybridized carbons (Fsp3) is 0.333. The average Bonchev–Trinajstić information content (AvgIpc) is 3.60. The number of rotatable bonds is 4. The summed E-state index contributed by atoms with van der Waals surface area (Å²) in [6.07, 6.45) is 9.15. The monoisotopic (exact) mass is 354 g/mol. The lowest BCUT2D eigenvalue weighted by Gasteiger charge is -2.09. The third kappa shape index (κ3) is 4.99. The number of hydrogen-bond donors (Lipinski definition) is 0. The highest BCUT2D eigenvalue weighted by atomic mass is 16.6. The van der Waals surface area contributed by atoms with Crippen molar-refractivity contribution in [3.8, 4) is 23.7 Å². The first-order valence-corrected chi connectivity index (χ1v) is 9.48. The lowest BCUT2D eigenvalue weighted by molar-refractivity contribution is 0.213. The molecule has 0 atom stereocenters. The quantitative estimate of drug-likeness (QED) is 0.469. The molecule has 2 aliphatic rings. The highest BCUT2D eigenvalue weighted by Gasteiger charge is 2.19. The summed E-state index contributed by atoms with van der Waals surface area (Å²) in [7, 11) is 1.58. The maximum absolute atomic E-state index is 5.13. The number of aromatic nitrogens is 1. The molecule has 1 aromatic carbocycles. The Morgan fingerprint density at radius 1 is 1.11 bits per heavy atom. The first-order chi connectivity index (χ1) is 13.3. The summed E-state index contributed by atoms with van der Waals surface area (Å²) >= 11 is 0. The third-order valence-electron chi connectivity index (χ3n) is 4.61. The van der Waals surface area contributed by atoms with E-state index in [0.717, 1.165) is 28.0 Å². The van der Waals surface area contributed by atoms with Crippen molar-refractivity contribution in [2.45, 2.75) is 32.1 Å². The molecule has 3 nitrogen and oxygen atoms in total. The van der Waals surface area contributed by atoms with Gasteiger partial charge >= 0.3 is 0 Å². The van der Waals surface area contributed by atoms with Crippen LogP contribution in [-0.2, 0) is 11.3 Å². The predicted molar refractivity (Wildman–Crippen MR) is 107 cm³/mol. The van der Waals surface area contributed by atoms with E-state index in [1.807, 2.05) is 18.3 Å². The second-order valence-electron chi connectivity index (χ2n) is 7.11. The number of nitrogens with zero attached hydrogens (tertiary/aromatic N) is 2. The molecule has 0 N–H and O–H groups in total. The molecular weight excluding hydrogens is 332 g/mol. The first kappa shape index (κ1) is 17.4. The van der Waals surface area contributed by atoms with Crippen LogP contribution in [0.4, 0.5) is 0 Å². The summed E-state index contributed by atoms with van der Waals surface area (Å²) in [6, 6.07) is 10.2. The van der Waals surface area contributed by atoms with Crippen LogP contribution in [0.15, 0.2) is 47.9 Å². The molecule has 2 fully saturated rings. The van der Waals surface area contributed by atoms with Crippen molar-refractivity contribution in [3.63, 3.8) is 0 Å². The van der Waals surface area contributed by atoms with Crippen LogP contribution in [0, 0.1) is 35.5 Å². The molecule has 3 heteroatoms. The Labute approximate surface area is 160 Å². The van der Waals surface area contributed by atoms with Crippen LogP contribution in [0.5, 0.6) is 0 Å². The largest absolute Gasteiger partial charge is 0.399 e. The van der Waals surface area contributed by atoms with Gasteiger partial charge < -0.3 is 4.84 Å². The lowest BCUT2D eigenvalue weighted by Crippen LogP contribution is -2.09. The van der Waals surface area contributed by atoms with Gasteiger partial charge in [-0.2, -0.15) is 0 Å². The van der Waals surface area contributed by atoms with Crippen molar-refractivity contribution in [2.75, 3.05) is 7.11 Å². The highest BCUT2D eigenvalue weighted by molar-refractivity contribution is 6.03. The van der Waals surface area contributed by atoms with Crippen LogP contribution in [0.2, 0.25) is 0 Å². The summed E-state index contributed by atoms with van der Waals surface area (Å²) in [5, 5.41) is 4.29. The van der Waals surface area contributed by atoms with Gasteiger partial charge in [-0.3, -0.25) is 4.98 Å². The Hall–Kier alpha value is -3.04. The minimum atomic E-state index is 0.542. The molecule has 4 rings (SSSR count). The molecule has 1 heterocycles. The van der Waals surface area contributed by atoms with Crippen LogP contribution in [-0.4, -0.2) is 17.8 Å². The number of hydrogen-bond acceptors (Lipinski definition) is 3. The molecule has 27 heavy (non-hydrogen) atoms. The number of benzene rings is 1. The maximum atomic E-state index is 5.13. The smallest absolute Gasteiger partial charge is 0.106 e. The van der Waals surface area contributed by atoms with Crippen LogP contribution < -0.4 is 0 Å². The van der Waals surface area contributed by atoms with E-state index < -0.39 is 0 Å². The summed E-state index contributed by atoms with van der Waals surface area (Å²) in [5.41, 5.74) is 4.94. The predicted octanol–water partition coefficient (Wildman–Crippen LogP) is 4.20. The average molecular weight is 354 g/mol.